The predicted molar refractivity (Wildman–Crippen MR) is 185 cm³/mol. The molecular weight excluding hydrogens is 656 g/mol. The van der Waals surface area contributed by atoms with Crippen molar-refractivity contribution < 1.29 is 10.2 Å². The molecule has 6 heteroatoms. The summed E-state index contributed by atoms with van der Waals surface area (Å²) < 4.78 is 1.80. The Hall–Kier alpha value is -0.866. The van der Waals surface area contributed by atoms with E-state index in [1.165, 1.54) is 0 Å². The number of halogens is 2. The molecule has 0 radical (unpaired) electrons. The molecule has 0 heterocycles. The summed E-state index contributed by atoms with van der Waals surface area (Å²) in [6, 6.07) is 7.73. The van der Waals surface area contributed by atoms with Crippen LogP contribution in [0.1, 0.15) is 94.2 Å². The summed E-state index contributed by atoms with van der Waals surface area (Å²) in [5.41, 5.74) is 7.42. The monoisotopic (exact) mass is 702 g/mol. The molecule has 3 rings (SSSR count). The normalized spacial score (nSPS) is 21.1. The third kappa shape index (κ3) is 4.84. The number of benzene rings is 2. The molecule has 0 spiro atoms. The molecule has 0 saturated heterocycles. The van der Waals surface area contributed by atoms with E-state index in [2.05, 4.69) is 138 Å². The van der Waals surface area contributed by atoms with Crippen LogP contribution in [0.5, 0.6) is 0 Å². The van der Waals surface area contributed by atoms with E-state index in [0.29, 0.717) is 44.4 Å². The van der Waals surface area contributed by atoms with Gasteiger partial charge in [-0.2, -0.15) is 0 Å². The molecule has 218 valence electrons. The van der Waals surface area contributed by atoms with E-state index in [4.69, 9.17) is 0 Å². The van der Waals surface area contributed by atoms with Crippen molar-refractivity contribution >= 4 is 58.8 Å². The lowest BCUT2D eigenvalue weighted by molar-refractivity contribution is -0.0808. The number of aliphatic hydroxyl groups is 2. The minimum absolute atomic E-state index is 0.397. The first-order chi connectivity index (χ1) is 18.4. The second-order valence-electron chi connectivity index (χ2n) is 13.7. The minimum atomic E-state index is -2.22. The molecule has 2 nitrogen and oxygen atoms in total. The van der Waals surface area contributed by atoms with Crippen molar-refractivity contribution in [2.24, 2.45) is 0 Å². The Morgan fingerprint density at radius 1 is 0.525 bits per heavy atom. The van der Waals surface area contributed by atoms with Gasteiger partial charge in [-0.3, -0.25) is 0 Å². The molecule has 1 aliphatic rings. The van der Waals surface area contributed by atoms with E-state index in [1.807, 2.05) is 24.3 Å². The zero-order valence-electron chi connectivity index (χ0n) is 26.4. The highest BCUT2D eigenvalue weighted by atomic mass is 79.9. The van der Waals surface area contributed by atoms with Gasteiger partial charge in [0, 0.05) is 25.5 Å². The van der Waals surface area contributed by atoms with Crippen LogP contribution < -0.4 is 0 Å². The molecule has 40 heavy (non-hydrogen) atoms. The highest BCUT2D eigenvalue weighted by Crippen LogP contribution is 2.55. The van der Waals surface area contributed by atoms with Gasteiger partial charge in [0.05, 0.1) is 0 Å². The molecule has 2 unspecified atom stereocenters. The van der Waals surface area contributed by atoms with Gasteiger partial charge in [-0.05, 0) is 50.8 Å². The van der Waals surface area contributed by atoms with Gasteiger partial charge >= 0.3 is 0 Å². The molecule has 0 saturated carbocycles. The van der Waals surface area contributed by atoms with Gasteiger partial charge in [0.1, 0.15) is 16.1 Å². The van der Waals surface area contributed by atoms with Gasteiger partial charge in [-0.15, -0.1) is 11.1 Å². The van der Waals surface area contributed by atoms with E-state index >= 15 is 0 Å². The van der Waals surface area contributed by atoms with Crippen LogP contribution in [0.25, 0.3) is 10.8 Å². The molecular formula is C34H48Br2O2Si2. The van der Waals surface area contributed by atoms with Crippen molar-refractivity contribution in [3.8, 4) is 22.9 Å². The van der Waals surface area contributed by atoms with E-state index in [-0.39, 0.29) is 0 Å². The van der Waals surface area contributed by atoms with Crippen LogP contribution in [-0.2, 0) is 11.2 Å². The van der Waals surface area contributed by atoms with E-state index in [9.17, 15) is 10.2 Å². The topological polar surface area (TPSA) is 40.5 Å². The average Bonchev–Trinajstić information content (AvgIpc) is 3.01. The van der Waals surface area contributed by atoms with Gasteiger partial charge in [-0.25, -0.2) is 0 Å². The van der Waals surface area contributed by atoms with Gasteiger partial charge in [-0.1, -0.05) is 139 Å². The molecule has 0 aromatic heterocycles. The molecule has 2 aromatic rings. The zero-order chi connectivity index (χ0) is 30.6. The minimum Gasteiger partial charge on any atom is -0.370 e. The fraction of sp³-hybridized carbons (Fsp3) is 0.588. The summed E-state index contributed by atoms with van der Waals surface area (Å²) >= 11 is 7.45. The Kier molecular flexibility index (Phi) is 9.81. The third-order valence-corrected chi connectivity index (χ3v) is 23.9. The van der Waals surface area contributed by atoms with Gasteiger partial charge in [0.15, 0.2) is 11.2 Å². The second-order valence-corrected chi connectivity index (χ2v) is 26.5. The van der Waals surface area contributed by atoms with Crippen LogP contribution >= 0.6 is 31.9 Å². The summed E-state index contributed by atoms with van der Waals surface area (Å²) in [4.78, 5) is 0. The lowest BCUT2D eigenvalue weighted by Crippen LogP contribution is -2.48. The Morgan fingerprint density at radius 3 is 1.05 bits per heavy atom. The maximum atomic E-state index is 12.8. The number of hydrogen-bond acceptors (Lipinski definition) is 2. The van der Waals surface area contributed by atoms with Gasteiger partial charge in [0.2, 0.25) is 0 Å². The Morgan fingerprint density at radius 2 is 0.800 bits per heavy atom. The lowest BCUT2D eigenvalue weighted by Gasteiger charge is -2.40. The molecule has 2 N–H and O–H groups in total. The largest absolute Gasteiger partial charge is 0.370 e. The van der Waals surface area contributed by atoms with E-state index in [1.54, 1.807) is 0 Å². The second kappa shape index (κ2) is 11.7. The summed E-state index contributed by atoms with van der Waals surface area (Å²) in [6.07, 6.45) is 0. The first kappa shape index (κ1) is 33.6. The number of hydrogen-bond donors (Lipinski definition) is 2. The first-order valence-corrected chi connectivity index (χ1v) is 20.9. The average molecular weight is 705 g/mol. The maximum absolute atomic E-state index is 12.8. The molecule has 0 fully saturated rings. The van der Waals surface area contributed by atoms with Crippen LogP contribution in [0.3, 0.4) is 0 Å². The van der Waals surface area contributed by atoms with Crippen LogP contribution in [0.2, 0.25) is 33.2 Å². The molecule has 0 aliphatic heterocycles. The van der Waals surface area contributed by atoms with E-state index < -0.39 is 27.3 Å². The summed E-state index contributed by atoms with van der Waals surface area (Å²) in [6.45, 7) is 27.2. The van der Waals surface area contributed by atoms with Crippen molar-refractivity contribution in [3.05, 3.63) is 44.3 Å². The van der Waals surface area contributed by atoms with Crippen LogP contribution in [0.15, 0.2) is 33.2 Å². The molecule has 1 aliphatic carbocycles. The number of rotatable bonds is 6. The summed E-state index contributed by atoms with van der Waals surface area (Å²) in [5, 5.41) is 27.4. The highest BCUT2D eigenvalue weighted by molar-refractivity contribution is 9.11. The van der Waals surface area contributed by atoms with Crippen LogP contribution in [0, 0.1) is 22.9 Å². The smallest absolute Gasteiger partial charge is 0.196 e. The molecule has 2 atom stereocenters. The van der Waals surface area contributed by atoms with E-state index in [0.717, 1.165) is 19.7 Å². The lowest BCUT2D eigenvalue weighted by atomic mass is 9.82. The summed E-state index contributed by atoms with van der Waals surface area (Å²) in [7, 11) is -4.43. The predicted octanol–water partition coefficient (Wildman–Crippen LogP) is 10.2. The van der Waals surface area contributed by atoms with Gasteiger partial charge in [0.25, 0.3) is 0 Å². The molecule has 0 amide bonds. The fourth-order valence-corrected chi connectivity index (χ4v) is 19.9. The van der Waals surface area contributed by atoms with Crippen molar-refractivity contribution in [2.75, 3.05) is 0 Å². The zero-order valence-corrected chi connectivity index (χ0v) is 31.6. The molecule has 2 aromatic carbocycles. The highest BCUT2D eigenvalue weighted by Gasteiger charge is 2.58. The third-order valence-electron chi connectivity index (χ3n) is 10.0. The first-order valence-electron chi connectivity index (χ1n) is 14.8. The molecule has 0 bridgehead atoms. The Bertz CT molecular complexity index is 1260. The van der Waals surface area contributed by atoms with Crippen LogP contribution in [-0.4, -0.2) is 26.4 Å². The SMILES string of the molecule is CC(C)[Si](C#CC1(O)c2ccc(Br)c3c(Br)ccc(c23)C1(O)C#C[Si](C(C)C)(C(C)C)C(C)C)(C(C)C)C(C)C. The summed E-state index contributed by atoms with van der Waals surface area (Å²) in [5.74, 6) is 6.81. The fourth-order valence-electron chi connectivity index (χ4n) is 7.99. The standard InChI is InChI=1S/C34H48Br2O2Si2/c1-21(2)39(22(3)4,23(5)6)19-17-33(37)27-13-15-29(35)32-30(36)16-14-28(31(27)32)34(33,38)18-20-40(24(7)8,25(9)10)26(11)12/h13-16,21-26,37-38H,1-12H3. The van der Waals surface area contributed by atoms with Crippen molar-refractivity contribution in [2.45, 2.75) is 128 Å². The van der Waals surface area contributed by atoms with Crippen molar-refractivity contribution in [1.29, 1.82) is 0 Å². The Balaban J connectivity index is 2.52. The van der Waals surface area contributed by atoms with Crippen LogP contribution in [0.4, 0.5) is 0 Å². The van der Waals surface area contributed by atoms with Crippen molar-refractivity contribution in [1.82, 2.24) is 0 Å². The maximum Gasteiger partial charge on any atom is 0.196 e. The Labute approximate surface area is 262 Å². The van der Waals surface area contributed by atoms with Crippen molar-refractivity contribution in [3.63, 3.8) is 0 Å². The quantitative estimate of drug-likeness (QED) is 0.232. The van der Waals surface area contributed by atoms with Gasteiger partial charge < -0.3 is 10.2 Å².